The van der Waals surface area contributed by atoms with Crippen LogP contribution in [0.4, 0.5) is 0 Å². The van der Waals surface area contributed by atoms with Crippen molar-refractivity contribution in [3.8, 4) is 29.1 Å². The van der Waals surface area contributed by atoms with Crippen molar-refractivity contribution >= 4 is 0 Å². The zero-order valence-electron chi connectivity index (χ0n) is 14.3. The summed E-state index contributed by atoms with van der Waals surface area (Å²) in [4.78, 5) is 0. The van der Waals surface area contributed by atoms with Crippen LogP contribution in [0.2, 0.25) is 0 Å². The Hall–Kier alpha value is -2.87. The van der Waals surface area contributed by atoms with E-state index >= 15 is 0 Å². The van der Waals surface area contributed by atoms with E-state index in [1.54, 1.807) is 34.5 Å². The van der Waals surface area contributed by atoms with E-state index < -0.39 is 0 Å². The molecule has 2 aromatic rings. The molecule has 0 radical (unpaired) electrons. The minimum absolute atomic E-state index is 0.344. The normalized spacial score (nSPS) is 11.3. The Kier molecular flexibility index (Phi) is 5.91. The van der Waals surface area contributed by atoms with E-state index in [-0.39, 0.29) is 5.92 Å². The second-order valence-corrected chi connectivity index (χ2v) is 5.18. The minimum atomic E-state index is -0.344. The summed E-state index contributed by atoms with van der Waals surface area (Å²) in [7, 11) is 6.37. The van der Waals surface area contributed by atoms with Gasteiger partial charge in [0.15, 0.2) is 11.5 Å². The molecule has 0 heterocycles. The van der Waals surface area contributed by atoms with Gasteiger partial charge in [0.1, 0.15) is 11.5 Å². The molecule has 0 saturated carbocycles. The number of nitriles is 1. The fraction of sp³-hybridized carbons (Fsp3) is 0.316. The van der Waals surface area contributed by atoms with E-state index in [2.05, 4.69) is 6.07 Å². The lowest BCUT2D eigenvalue weighted by Gasteiger charge is -2.16. The van der Waals surface area contributed by atoms with Gasteiger partial charge < -0.3 is 18.9 Å². The van der Waals surface area contributed by atoms with Crippen LogP contribution in [0.15, 0.2) is 36.4 Å². The SMILES string of the molecule is COc1ccc(C(C#N)Cc2ccc(OC)c(OC)c2)c(OC)c1. The predicted octanol–water partition coefficient (Wildman–Crippen LogP) is 3.57. The number of ether oxygens (including phenoxy) is 4. The summed E-state index contributed by atoms with van der Waals surface area (Å²) in [5.74, 6) is 2.30. The molecule has 0 aromatic heterocycles. The van der Waals surface area contributed by atoms with Crippen molar-refractivity contribution in [2.75, 3.05) is 28.4 Å². The summed E-state index contributed by atoms with van der Waals surface area (Å²) in [6, 6.07) is 13.5. The third-order valence-corrected chi connectivity index (χ3v) is 3.86. The number of benzene rings is 2. The molecular formula is C19H21NO4. The highest BCUT2D eigenvalue weighted by molar-refractivity contribution is 5.47. The Morgan fingerprint density at radius 3 is 2.12 bits per heavy atom. The Bertz CT molecular complexity index is 737. The Balaban J connectivity index is 2.32. The molecule has 2 rings (SSSR count). The molecule has 0 fully saturated rings. The maximum atomic E-state index is 9.62. The molecule has 1 atom stereocenters. The van der Waals surface area contributed by atoms with Crippen molar-refractivity contribution in [2.45, 2.75) is 12.3 Å². The van der Waals surface area contributed by atoms with Crippen LogP contribution in [0.25, 0.3) is 0 Å². The molecule has 126 valence electrons. The lowest BCUT2D eigenvalue weighted by atomic mass is 9.92. The molecule has 0 amide bonds. The van der Waals surface area contributed by atoms with Crippen LogP contribution in [0, 0.1) is 11.3 Å². The average Bonchev–Trinajstić information content (AvgIpc) is 2.65. The van der Waals surface area contributed by atoms with Crippen molar-refractivity contribution in [2.24, 2.45) is 0 Å². The largest absolute Gasteiger partial charge is 0.497 e. The number of methoxy groups -OCH3 is 4. The van der Waals surface area contributed by atoms with E-state index in [0.717, 1.165) is 11.1 Å². The zero-order chi connectivity index (χ0) is 17.5. The minimum Gasteiger partial charge on any atom is -0.497 e. The average molecular weight is 327 g/mol. The van der Waals surface area contributed by atoms with Crippen molar-refractivity contribution < 1.29 is 18.9 Å². The topological polar surface area (TPSA) is 60.7 Å². The second kappa shape index (κ2) is 8.11. The first-order chi connectivity index (χ1) is 11.7. The van der Waals surface area contributed by atoms with E-state index in [9.17, 15) is 5.26 Å². The molecule has 0 aliphatic rings. The maximum absolute atomic E-state index is 9.62. The van der Waals surface area contributed by atoms with E-state index in [1.165, 1.54) is 0 Å². The zero-order valence-corrected chi connectivity index (χ0v) is 14.3. The summed E-state index contributed by atoms with van der Waals surface area (Å²) in [5.41, 5.74) is 1.81. The van der Waals surface area contributed by atoms with Crippen LogP contribution >= 0.6 is 0 Å². The third kappa shape index (κ3) is 3.72. The summed E-state index contributed by atoms with van der Waals surface area (Å²) in [5, 5.41) is 9.62. The van der Waals surface area contributed by atoms with Gasteiger partial charge in [0, 0.05) is 11.6 Å². The fourth-order valence-corrected chi connectivity index (χ4v) is 2.57. The summed E-state index contributed by atoms with van der Waals surface area (Å²) in [6.07, 6.45) is 0.541. The first kappa shape index (κ1) is 17.5. The van der Waals surface area contributed by atoms with Crippen molar-refractivity contribution in [1.82, 2.24) is 0 Å². The van der Waals surface area contributed by atoms with Gasteiger partial charge in [-0.15, -0.1) is 0 Å². The fourth-order valence-electron chi connectivity index (χ4n) is 2.57. The van der Waals surface area contributed by atoms with Crippen molar-refractivity contribution in [1.29, 1.82) is 5.26 Å². The molecule has 24 heavy (non-hydrogen) atoms. The molecule has 5 nitrogen and oxygen atoms in total. The molecule has 5 heteroatoms. The lowest BCUT2D eigenvalue weighted by molar-refractivity contribution is 0.354. The first-order valence-electron chi connectivity index (χ1n) is 7.49. The molecule has 2 aromatic carbocycles. The van der Waals surface area contributed by atoms with Gasteiger partial charge >= 0.3 is 0 Å². The van der Waals surface area contributed by atoms with Crippen molar-refractivity contribution in [3.63, 3.8) is 0 Å². The summed E-state index contributed by atoms with van der Waals surface area (Å²) >= 11 is 0. The van der Waals surface area contributed by atoms with Gasteiger partial charge in [0.2, 0.25) is 0 Å². The summed E-state index contributed by atoms with van der Waals surface area (Å²) < 4.78 is 21.2. The van der Waals surface area contributed by atoms with Gasteiger partial charge in [-0.1, -0.05) is 12.1 Å². The molecule has 0 aliphatic heterocycles. The van der Waals surface area contributed by atoms with E-state index in [1.807, 2.05) is 30.3 Å². The van der Waals surface area contributed by atoms with Crippen LogP contribution in [0.5, 0.6) is 23.0 Å². The Morgan fingerprint density at radius 2 is 1.54 bits per heavy atom. The Labute approximate surface area is 142 Å². The monoisotopic (exact) mass is 327 g/mol. The highest BCUT2D eigenvalue weighted by atomic mass is 16.5. The van der Waals surface area contributed by atoms with Gasteiger partial charge in [-0.3, -0.25) is 0 Å². The van der Waals surface area contributed by atoms with Gasteiger partial charge in [-0.2, -0.15) is 5.26 Å². The van der Waals surface area contributed by atoms with Crippen molar-refractivity contribution in [3.05, 3.63) is 47.5 Å². The number of hydrogen-bond acceptors (Lipinski definition) is 5. The predicted molar refractivity (Wildman–Crippen MR) is 91.2 cm³/mol. The Morgan fingerprint density at radius 1 is 0.833 bits per heavy atom. The highest BCUT2D eigenvalue weighted by Crippen LogP contribution is 2.34. The van der Waals surface area contributed by atoms with Gasteiger partial charge in [0.05, 0.1) is 40.4 Å². The van der Waals surface area contributed by atoms with Crippen LogP contribution in [0.3, 0.4) is 0 Å². The van der Waals surface area contributed by atoms with Gasteiger partial charge in [-0.05, 0) is 30.2 Å². The molecule has 0 spiro atoms. The molecule has 0 saturated heterocycles. The standard InChI is InChI=1S/C19H21NO4/c1-21-15-6-7-16(18(11-15)23-3)14(12-20)9-13-5-8-17(22-2)19(10-13)24-4/h5-8,10-11,14H,9H2,1-4H3. The molecule has 0 N–H and O–H groups in total. The van der Waals surface area contributed by atoms with Crippen LogP contribution < -0.4 is 18.9 Å². The summed E-state index contributed by atoms with van der Waals surface area (Å²) in [6.45, 7) is 0. The smallest absolute Gasteiger partial charge is 0.160 e. The first-order valence-corrected chi connectivity index (χ1v) is 7.49. The maximum Gasteiger partial charge on any atom is 0.160 e. The van der Waals surface area contributed by atoms with E-state index in [0.29, 0.717) is 29.4 Å². The highest BCUT2D eigenvalue weighted by Gasteiger charge is 2.18. The molecule has 1 unspecified atom stereocenters. The van der Waals surface area contributed by atoms with Crippen LogP contribution in [-0.2, 0) is 6.42 Å². The number of rotatable bonds is 7. The van der Waals surface area contributed by atoms with Crippen LogP contribution in [0.1, 0.15) is 17.0 Å². The molecule has 0 aliphatic carbocycles. The number of nitrogens with zero attached hydrogens (tertiary/aromatic N) is 1. The quantitative estimate of drug-likeness (QED) is 0.778. The van der Waals surface area contributed by atoms with Gasteiger partial charge in [-0.25, -0.2) is 0 Å². The molecule has 0 bridgehead atoms. The number of hydrogen-bond donors (Lipinski definition) is 0. The third-order valence-electron chi connectivity index (χ3n) is 3.86. The van der Waals surface area contributed by atoms with Crippen LogP contribution in [-0.4, -0.2) is 28.4 Å². The van der Waals surface area contributed by atoms with E-state index in [4.69, 9.17) is 18.9 Å². The second-order valence-electron chi connectivity index (χ2n) is 5.18. The lowest BCUT2D eigenvalue weighted by Crippen LogP contribution is -2.04. The molecular weight excluding hydrogens is 306 g/mol. The van der Waals surface area contributed by atoms with Gasteiger partial charge in [0.25, 0.3) is 0 Å².